The number of aliphatic hydroxyl groups excluding tert-OH is 5. The topological polar surface area (TPSA) is 149 Å². The molecule has 1 aliphatic heterocycles. The van der Waals surface area contributed by atoms with Crippen molar-refractivity contribution in [2.75, 3.05) is 13.2 Å². The SMILES string of the molecule is CCCCCCCCCC=CCCC=CC(O)C(COC1OC(CO)C(O)C(O)C1O)NC(=O)CCCCCCCCCCCCCCCCC. The van der Waals surface area contributed by atoms with E-state index in [0.717, 1.165) is 38.5 Å². The quantitative estimate of drug-likeness (QED) is 0.0289. The lowest BCUT2D eigenvalue weighted by atomic mass is 9.99. The van der Waals surface area contributed by atoms with Crippen molar-refractivity contribution < 1.29 is 39.8 Å². The number of allylic oxidation sites excluding steroid dienone is 3. The molecule has 1 aliphatic rings. The van der Waals surface area contributed by atoms with Crippen molar-refractivity contribution in [2.45, 2.75) is 224 Å². The maximum atomic E-state index is 12.9. The van der Waals surface area contributed by atoms with Gasteiger partial charge in [-0.15, -0.1) is 0 Å². The highest BCUT2D eigenvalue weighted by molar-refractivity contribution is 5.76. The largest absolute Gasteiger partial charge is 0.394 e. The van der Waals surface area contributed by atoms with E-state index >= 15 is 0 Å². The lowest BCUT2D eigenvalue weighted by Crippen LogP contribution is -2.60. The first-order valence-electron chi connectivity index (χ1n) is 21.1. The molecule has 7 unspecified atom stereocenters. The van der Waals surface area contributed by atoms with Crippen LogP contribution < -0.4 is 5.32 Å². The third-order valence-corrected chi connectivity index (χ3v) is 10.0. The minimum absolute atomic E-state index is 0.187. The molecule has 9 heteroatoms. The first-order valence-corrected chi connectivity index (χ1v) is 21.1. The number of carbonyl (C=O) groups is 1. The molecule has 0 aromatic rings. The van der Waals surface area contributed by atoms with E-state index in [1.165, 1.54) is 122 Å². The van der Waals surface area contributed by atoms with Crippen molar-refractivity contribution in [3.63, 3.8) is 0 Å². The molecule has 51 heavy (non-hydrogen) atoms. The van der Waals surface area contributed by atoms with Crippen LogP contribution in [0.25, 0.3) is 0 Å². The van der Waals surface area contributed by atoms with E-state index in [4.69, 9.17) is 9.47 Å². The average molecular weight is 726 g/mol. The molecular formula is C42H79NO8. The predicted molar refractivity (Wildman–Crippen MR) is 207 cm³/mol. The van der Waals surface area contributed by atoms with Crippen LogP contribution >= 0.6 is 0 Å². The molecule has 0 bridgehead atoms. The highest BCUT2D eigenvalue weighted by Gasteiger charge is 2.44. The van der Waals surface area contributed by atoms with Crippen molar-refractivity contribution in [2.24, 2.45) is 0 Å². The molecule has 1 amide bonds. The van der Waals surface area contributed by atoms with Gasteiger partial charge >= 0.3 is 0 Å². The van der Waals surface area contributed by atoms with Crippen LogP contribution in [0.2, 0.25) is 0 Å². The molecule has 1 fully saturated rings. The second-order valence-corrected chi connectivity index (χ2v) is 14.8. The maximum Gasteiger partial charge on any atom is 0.220 e. The molecule has 0 radical (unpaired) electrons. The van der Waals surface area contributed by atoms with Gasteiger partial charge in [0.15, 0.2) is 6.29 Å². The molecule has 7 atom stereocenters. The smallest absolute Gasteiger partial charge is 0.220 e. The fourth-order valence-corrected chi connectivity index (χ4v) is 6.58. The fourth-order valence-electron chi connectivity index (χ4n) is 6.58. The Morgan fingerprint density at radius 2 is 1.12 bits per heavy atom. The first-order chi connectivity index (χ1) is 24.8. The van der Waals surface area contributed by atoms with Gasteiger partial charge in [-0.25, -0.2) is 0 Å². The van der Waals surface area contributed by atoms with E-state index in [1.54, 1.807) is 6.08 Å². The van der Waals surface area contributed by atoms with Crippen LogP contribution in [0.1, 0.15) is 181 Å². The van der Waals surface area contributed by atoms with E-state index < -0.39 is 49.5 Å². The van der Waals surface area contributed by atoms with Crippen molar-refractivity contribution in [1.82, 2.24) is 5.32 Å². The van der Waals surface area contributed by atoms with Crippen molar-refractivity contribution in [1.29, 1.82) is 0 Å². The third kappa shape index (κ3) is 24.6. The van der Waals surface area contributed by atoms with Crippen LogP contribution in [0.4, 0.5) is 0 Å². The summed E-state index contributed by atoms with van der Waals surface area (Å²) in [4.78, 5) is 12.9. The van der Waals surface area contributed by atoms with Crippen LogP contribution in [-0.2, 0) is 14.3 Å². The van der Waals surface area contributed by atoms with E-state index in [0.29, 0.717) is 6.42 Å². The van der Waals surface area contributed by atoms with Gasteiger partial charge in [0.2, 0.25) is 5.91 Å². The van der Waals surface area contributed by atoms with Gasteiger partial charge in [0.1, 0.15) is 24.4 Å². The maximum absolute atomic E-state index is 12.9. The number of ether oxygens (including phenoxy) is 2. The first kappa shape index (κ1) is 47.7. The van der Waals surface area contributed by atoms with E-state index in [9.17, 15) is 30.3 Å². The molecule has 0 aliphatic carbocycles. The standard InChI is InChI=1S/C42H79NO8/c1-3-5-7-9-11-13-15-17-18-20-22-24-26-28-30-32-38(46)43-35(34-50-42-41(49)40(48)39(47)37(33-44)51-42)36(45)31-29-27-25-23-21-19-16-14-12-10-8-6-4-2/h21,23,29,31,35-37,39-42,44-45,47-49H,3-20,22,24-28,30,32-34H2,1-2H3,(H,43,46). The Hall–Kier alpha value is -1.33. The van der Waals surface area contributed by atoms with Gasteiger partial charge in [-0.05, 0) is 32.1 Å². The zero-order valence-corrected chi connectivity index (χ0v) is 32.6. The number of rotatable bonds is 34. The molecule has 300 valence electrons. The lowest BCUT2D eigenvalue weighted by molar-refractivity contribution is -0.302. The molecule has 1 saturated heterocycles. The molecule has 0 saturated carbocycles. The van der Waals surface area contributed by atoms with Gasteiger partial charge in [0.25, 0.3) is 0 Å². The second-order valence-electron chi connectivity index (χ2n) is 14.8. The number of hydrogen-bond acceptors (Lipinski definition) is 8. The van der Waals surface area contributed by atoms with E-state index in [-0.39, 0.29) is 12.5 Å². The van der Waals surface area contributed by atoms with Crippen LogP contribution in [0.15, 0.2) is 24.3 Å². The van der Waals surface area contributed by atoms with Crippen LogP contribution in [-0.4, -0.2) is 87.5 Å². The minimum Gasteiger partial charge on any atom is -0.394 e. The molecule has 0 spiro atoms. The Kier molecular flexibility index (Phi) is 31.1. The number of unbranched alkanes of at least 4 members (excludes halogenated alkanes) is 22. The number of hydrogen-bond donors (Lipinski definition) is 6. The van der Waals surface area contributed by atoms with Crippen molar-refractivity contribution in [3.8, 4) is 0 Å². The highest BCUT2D eigenvalue weighted by atomic mass is 16.7. The Bertz CT molecular complexity index is 853. The van der Waals surface area contributed by atoms with Crippen LogP contribution in [0, 0.1) is 0 Å². The van der Waals surface area contributed by atoms with Gasteiger partial charge in [0.05, 0.1) is 25.4 Å². The van der Waals surface area contributed by atoms with Crippen LogP contribution in [0.3, 0.4) is 0 Å². The normalized spacial score (nSPS) is 22.2. The Morgan fingerprint density at radius 1 is 0.647 bits per heavy atom. The summed E-state index contributed by atoms with van der Waals surface area (Å²) < 4.78 is 11.2. The Balaban J connectivity index is 2.42. The average Bonchev–Trinajstić information content (AvgIpc) is 3.13. The summed E-state index contributed by atoms with van der Waals surface area (Å²) in [7, 11) is 0. The summed E-state index contributed by atoms with van der Waals surface area (Å²) in [6.07, 6.45) is 30.7. The number of amides is 1. The van der Waals surface area contributed by atoms with Gasteiger partial charge in [-0.1, -0.05) is 167 Å². The molecule has 0 aromatic heterocycles. The van der Waals surface area contributed by atoms with E-state index in [2.05, 4.69) is 31.3 Å². The highest BCUT2D eigenvalue weighted by Crippen LogP contribution is 2.22. The van der Waals surface area contributed by atoms with E-state index in [1.807, 2.05) is 6.08 Å². The van der Waals surface area contributed by atoms with Gasteiger partial charge in [0, 0.05) is 6.42 Å². The second kappa shape index (κ2) is 33.3. The Morgan fingerprint density at radius 3 is 1.65 bits per heavy atom. The zero-order chi connectivity index (χ0) is 37.4. The number of carbonyl (C=O) groups excluding carboxylic acids is 1. The Labute approximate surface area is 311 Å². The van der Waals surface area contributed by atoms with Crippen molar-refractivity contribution >= 4 is 5.91 Å². The minimum atomic E-state index is -1.57. The summed E-state index contributed by atoms with van der Waals surface area (Å²) in [6.45, 7) is 3.73. The van der Waals surface area contributed by atoms with Crippen LogP contribution in [0.5, 0.6) is 0 Å². The van der Waals surface area contributed by atoms with Gasteiger partial charge < -0.3 is 40.3 Å². The molecule has 1 rings (SSSR count). The summed E-state index contributed by atoms with van der Waals surface area (Å²) in [5, 5.41) is 54.0. The number of nitrogens with one attached hydrogen (secondary N) is 1. The number of aliphatic hydroxyl groups is 5. The third-order valence-electron chi connectivity index (χ3n) is 10.0. The predicted octanol–water partition coefficient (Wildman–Crippen LogP) is 7.94. The molecule has 0 aromatic carbocycles. The molecule has 6 N–H and O–H groups in total. The molecule has 9 nitrogen and oxygen atoms in total. The lowest BCUT2D eigenvalue weighted by Gasteiger charge is -2.40. The molecule has 1 heterocycles. The summed E-state index contributed by atoms with van der Waals surface area (Å²) >= 11 is 0. The fraction of sp³-hybridized carbons (Fsp3) is 0.881. The van der Waals surface area contributed by atoms with Gasteiger partial charge in [-0.3, -0.25) is 4.79 Å². The van der Waals surface area contributed by atoms with Crippen molar-refractivity contribution in [3.05, 3.63) is 24.3 Å². The zero-order valence-electron chi connectivity index (χ0n) is 32.6. The monoisotopic (exact) mass is 726 g/mol. The van der Waals surface area contributed by atoms with Gasteiger partial charge in [-0.2, -0.15) is 0 Å². The summed E-state index contributed by atoms with van der Waals surface area (Å²) in [5.41, 5.74) is 0. The molecular weight excluding hydrogens is 646 g/mol. The summed E-state index contributed by atoms with van der Waals surface area (Å²) in [5.74, 6) is -0.187. The summed E-state index contributed by atoms with van der Waals surface area (Å²) in [6, 6.07) is -0.815.